The lowest BCUT2D eigenvalue weighted by Crippen LogP contribution is -2.29. The molecule has 0 fully saturated rings. The zero-order chi connectivity index (χ0) is 12.6. The summed E-state index contributed by atoms with van der Waals surface area (Å²) in [6.07, 6.45) is 1.23. The lowest BCUT2D eigenvalue weighted by Gasteiger charge is -2.22. The molecule has 0 saturated carbocycles. The molecule has 2 nitrogen and oxygen atoms in total. The predicted octanol–water partition coefficient (Wildman–Crippen LogP) is 3.54. The number of hydrogen-bond acceptors (Lipinski definition) is 1. The average molecular weight is 234 g/mol. The molecule has 0 radical (unpaired) electrons. The quantitative estimate of drug-likeness (QED) is 0.846. The molecule has 2 rings (SSSR count). The summed E-state index contributed by atoms with van der Waals surface area (Å²) in [5, 5.41) is 3.51. The highest BCUT2D eigenvalue weighted by molar-refractivity contribution is 5.42. The number of rotatable bonds is 3. The minimum atomic E-state index is 0.633. The Morgan fingerprint density at radius 1 is 1.29 bits per heavy atom. The smallest absolute Gasteiger partial charge is 0.0363 e. The largest absolute Gasteiger partial charge is 0.345 e. The third-order valence-corrected chi connectivity index (χ3v) is 4.18. The number of nitrogens with zero attached hydrogens (tertiary/aromatic N) is 1. The van der Waals surface area contributed by atoms with E-state index in [1.165, 1.54) is 6.42 Å². The van der Waals surface area contributed by atoms with Gasteiger partial charge < -0.3 is 9.88 Å². The standard InChI is InChI=1S/C15H26N2/c1-6-11(4)15-12(5)14(10(2)3)13-9-16-7-8-17(13)15/h10-11,16H,6-9H2,1-5H3. The van der Waals surface area contributed by atoms with Crippen LogP contribution >= 0.6 is 0 Å². The van der Waals surface area contributed by atoms with Gasteiger partial charge in [0.2, 0.25) is 0 Å². The fraction of sp³-hybridized carbons (Fsp3) is 0.733. The van der Waals surface area contributed by atoms with E-state index in [1.54, 1.807) is 22.5 Å². The van der Waals surface area contributed by atoms with Crippen LogP contribution in [0.3, 0.4) is 0 Å². The van der Waals surface area contributed by atoms with Crippen molar-refractivity contribution in [2.24, 2.45) is 0 Å². The first kappa shape index (κ1) is 12.7. The van der Waals surface area contributed by atoms with Crippen molar-refractivity contribution >= 4 is 0 Å². The van der Waals surface area contributed by atoms with Crippen molar-refractivity contribution in [2.45, 2.75) is 66.0 Å². The third kappa shape index (κ3) is 2.03. The molecule has 2 heterocycles. The van der Waals surface area contributed by atoms with Gasteiger partial charge >= 0.3 is 0 Å². The number of hydrogen-bond donors (Lipinski definition) is 1. The maximum absolute atomic E-state index is 3.51. The summed E-state index contributed by atoms with van der Waals surface area (Å²) in [5.41, 5.74) is 6.27. The van der Waals surface area contributed by atoms with Gasteiger partial charge in [-0.2, -0.15) is 0 Å². The fourth-order valence-electron chi connectivity index (χ4n) is 3.29. The SMILES string of the molecule is CCC(C)c1c(C)c(C(C)C)c2n1CCNC2. The van der Waals surface area contributed by atoms with Crippen LogP contribution in [0.15, 0.2) is 0 Å². The van der Waals surface area contributed by atoms with Crippen LogP contribution in [0.2, 0.25) is 0 Å². The first-order valence-electron chi connectivity index (χ1n) is 7.00. The van der Waals surface area contributed by atoms with Gasteiger partial charge in [-0.1, -0.05) is 27.7 Å². The van der Waals surface area contributed by atoms with Crippen molar-refractivity contribution < 1.29 is 0 Å². The van der Waals surface area contributed by atoms with Gasteiger partial charge in [-0.25, -0.2) is 0 Å². The predicted molar refractivity (Wildman–Crippen MR) is 73.7 cm³/mol. The van der Waals surface area contributed by atoms with E-state index in [2.05, 4.69) is 44.5 Å². The van der Waals surface area contributed by atoms with E-state index < -0.39 is 0 Å². The molecule has 1 aromatic heterocycles. The van der Waals surface area contributed by atoms with Crippen LogP contribution in [0.5, 0.6) is 0 Å². The molecule has 1 atom stereocenters. The molecule has 17 heavy (non-hydrogen) atoms. The molecule has 0 amide bonds. The fourth-order valence-corrected chi connectivity index (χ4v) is 3.29. The van der Waals surface area contributed by atoms with Gasteiger partial charge in [-0.15, -0.1) is 0 Å². The summed E-state index contributed by atoms with van der Waals surface area (Å²) in [7, 11) is 0. The normalized spacial score (nSPS) is 17.3. The van der Waals surface area contributed by atoms with Crippen LogP contribution < -0.4 is 5.32 Å². The summed E-state index contributed by atoms with van der Waals surface area (Å²) in [5.74, 6) is 1.31. The van der Waals surface area contributed by atoms with Gasteiger partial charge in [-0.05, 0) is 36.3 Å². The molecule has 1 aromatic rings. The van der Waals surface area contributed by atoms with Crippen molar-refractivity contribution in [2.75, 3.05) is 6.54 Å². The van der Waals surface area contributed by atoms with Crippen LogP contribution in [-0.2, 0) is 13.1 Å². The second-order valence-electron chi connectivity index (χ2n) is 5.66. The Hall–Kier alpha value is -0.760. The molecule has 0 aliphatic carbocycles. The van der Waals surface area contributed by atoms with Crippen molar-refractivity contribution in [1.82, 2.24) is 9.88 Å². The Bertz CT molecular complexity index is 402. The molecule has 0 aromatic carbocycles. The summed E-state index contributed by atoms with van der Waals surface area (Å²) in [6.45, 7) is 14.9. The second kappa shape index (κ2) is 4.85. The topological polar surface area (TPSA) is 17.0 Å². The van der Waals surface area contributed by atoms with Gasteiger partial charge in [0.15, 0.2) is 0 Å². The summed E-state index contributed by atoms with van der Waals surface area (Å²) in [4.78, 5) is 0. The van der Waals surface area contributed by atoms with E-state index in [1.807, 2.05) is 0 Å². The summed E-state index contributed by atoms with van der Waals surface area (Å²) >= 11 is 0. The Kier molecular flexibility index (Phi) is 3.62. The van der Waals surface area contributed by atoms with Crippen LogP contribution in [0.25, 0.3) is 0 Å². The van der Waals surface area contributed by atoms with E-state index in [0.29, 0.717) is 11.8 Å². The number of fused-ring (bicyclic) bond motifs is 1. The molecule has 1 aliphatic heterocycles. The second-order valence-corrected chi connectivity index (χ2v) is 5.66. The molecule has 0 spiro atoms. The Morgan fingerprint density at radius 2 is 2.00 bits per heavy atom. The van der Waals surface area contributed by atoms with Crippen LogP contribution in [0, 0.1) is 6.92 Å². The van der Waals surface area contributed by atoms with Crippen molar-refractivity contribution in [3.05, 3.63) is 22.5 Å². The highest BCUT2D eigenvalue weighted by atomic mass is 15.1. The molecule has 1 N–H and O–H groups in total. The first-order valence-corrected chi connectivity index (χ1v) is 7.00. The number of nitrogens with one attached hydrogen (secondary N) is 1. The van der Waals surface area contributed by atoms with Crippen molar-refractivity contribution in [1.29, 1.82) is 0 Å². The van der Waals surface area contributed by atoms with E-state index in [-0.39, 0.29) is 0 Å². The maximum Gasteiger partial charge on any atom is 0.0363 e. The van der Waals surface area contributed by atoms with E-state index >= 15 is 0 Å². The lowest BCUT2D eigenvalue weighted by molar-refractivity contribution is 0.485. The van der Waals surface area contributed by atoms with Crippen molar-refractivity contribution in [3.63, 3.8) is 0 Å². The van der Waals surface area contributed by atoms with Gasteiger partial charge in [0.1, 0.15) is 0 Å². The molecule has 1 aliphatic rings. The zero-order valence-electron chi connectivity index (χ0n) is 11.9. The molecule has 96 valence electrons. The highest BCUT2D eigenvalue weighted by Gasteiger charge is 2.25. The average Bonchev–Trinajstić information content (AvgIpc) is 2.60. The lowest BCUT2D eigenvalue weighted by atomic mass is 9.94. The first-order chi connectivity index (χ1) is 8.07. The van der Waals surface area contributed by atoms with Gasteiger partial charge in [0.25, 0.3) is 0 Å². The molecule has 1 unspecified atom stereocenters. The van der Waals surface area contributed by atoms with E-state index in [9.17, 15) is 0 Å². The van der Waals surface area contributed by atoms with E-state index in [0.717, 1.165) is 19.6 Å². The Balaban J connectivity index is 2.59. The summed E-state index contributed by atoms with van der Waals surface area (Å²) in [6, 6.07) is 0. The molecule has 2 heteroatoms. The molecular formula is C15H26N2. The molecular weight excluding hydrogens is 208 g/mol. The van der Waals surface area contributed by atoms with Crippen LogP contribution in [0.4, 0.5) is 0 Å². The van der Waals surface area contributed by atoms with Gasteiger partial charge in [0.05, 0.1) is 0 Å². The highest BCUT2D eigenvalue weighted by Crippen LogP contribution is 2.35. The van der Waals surface area contributed by atoms with Gasteiger partial charge in [0, 0.05) is 31.0 Å². The minimum Gasteiger partial charge on any atom is -0.345 e. The van der Waals surface area contributed by atoms with E-state index in [4.69, 9.17) is 0 Å². The molecule has 0 saturated heterocycles. The van der Waals surface area contributed by atoms with Crippen molar-refractivity contribution in [3.8, 4) is 0 Å². The Morgan fingerprint density at radius 3 is 2.59 bits per heavy atom. The molecule has 0 bridgehead atoms. The van der Waals surface area contributed by atoms with Crippen LogP contribution in [-0.4, -0.2) is 11.1 Å². The summed E-state index contributed by atoms with van der Waals surface area (Å²) < 4.78 is 2.59. The minimum absolute atomic E-state index is 0.633. The van der Waals surface area contributed by atoms with Crippen LogP contribution in [0.1, 0.15) is 68.5 Å². The Labute approximate surface area is 105 Å². The zero-order valence-corrected chi connectivity index (χ0v) is 11.9. The number of aromatic nitrogens is 1. The monoisotopic (exact) mass is 234 g/mol. The third-order valence-electron chi connectivity index (χ3n) is 4.18. The maximum atomic E-state index is 3.51. The van der Waals surface area contributed by atoms with Gasteiger partial charge in [-0.3, -0.25) is 0 Å².